The molecular formula is C19H33Cl3N4O. The van der Waals surface area contributed by atoms with Crippen molar-refractivity contribution in [1.29, 1.82) is 0 Å². The third-order valence-electron chi connectivity index (χ3n) is 4.91. The number of carbonyl (C=O) groups is 1. The van der Waals surface area contributed by atoms with Crippen LogP contribution in [0.1, 0.15) is 32.6 Å². The van der Waals surface area contributed by atoms with Crippen molar-refractivity contribution in [2.45, 2.75) is 38.6 Å². The molecule has 3 N–H and O–H groups in total. The average Bonchev–Trinajstić information content (AvgIpc) is 3.38. The Balaban J connectivity index is 0.00000225. The van der Waals surface area contributed by atoms with E-state index in [0.717, 1.165) is 37.8 Å². The smallest absolute Gasteiger partial charge is 0.224 e. The van der Waals surface area contributed by atoms with E-state index in [0.29, 0.717) is 12.8 Å². The van der Waals surface area contributed by atoms with Crippen LogP contribution in [0.5, 0.6) is 0 Å². The molecule has 27 heavy (non-hydrogen) atoms. The van der Waals surface area contributed by atoms with Crippen molar-refractivity contribution in [2.75, 3.05) is 42.9 Å². The van der Waals surface area contributed by atoms with Crippen molar-refractivity contribution in [2.24, 2.45) is 11.7 Å². The zero-order chi connectivity index (χ0) is 16.9. The summed E-state index contributed by atoms with van der Waals surface area (Å²) < 4.78 is 0. The van der Waals surface area contributed by atoms with Crippen molar-refractivity contribution in [1.82, 2.24) is 4.90 Å². The molecule has 1 saturated heterocycles. The first-order valence-corrected chi connectivity index (χ1v) is 9.23. The molecule has 1 amide bonds. The van der Waals surface area contributed by atoms with Gasteiger partial charge >= 0.3 is 0 Å². The maximum Gasteiger partial charge on any atom is 0.224 e. The molecule has 1 aromatic carbocycles. The molecule has 1 aromatic rings. The van der Waals surface area contributed by atoms with Crippen LogP contribution in [0, 0.1) is 5.92 Å². The molecule has 0 bridgehead atoms. The summed E-state index contributed by atoms with van der Waals surface area (Å²) in [6, 6.07) is 8.26. The van der Waals surface area contributed by atoms with E-state index in [-0.39, 0.29) is 49.2 Å². The zero-order valence-corrected chi connectivity index (χ0v) is 18.4. The van der Waals surface area contributed by atoms with E-state index in [9.17, 15) is 4.79 Å². The number of anilines is 2. The fourth-order valence-corrected chi connectivity index (χ4v) is 3.22. The molecule has 0 aromatic heterocycles. The molecule has 0 radical (unpaired) electrons. The van der Waals surface area contributed by atoms with Gasteiger partial charge < -0.3 is 16.0 Å². The van der Waals surface area contributed by atoms with Gasteiger partial charge in [-0.2, -0.15) is 0 Å². The number of hydrogen-bond donors (Lipinski definition) is 2. The summed E-state index contributed by atoms with van der Waals surface area (Å²) in [4.78, 5) is 17.0. The number of rotatable bonds is 7. The highest BCUT2D eigenvalue weighted by atomic mass is 35.5. The van der Waals surface area contributed by atoms with E-state index in [1.807, 2.05) is 19.1 Å². The minimum absolute atomic E-state index is 0. The van der Waals surface area contributed by atoms with Gasteiger partial charge in [0.2, 0.25) is 5.91 Å². The molecule has 8 heteroatoms. The Morgan fingerprint density at radius 3 is 2.44 bits per heavy atom. The number of nitrogens with one attached hydrogen (secondary N) is 1. The molecule has 156 valence electrons. The molecule has 1 unspecified atom stereocenters. The van der Waals surface area contributed by atoms with Crippen LogP contribution in [-0.4, -0.2) is 49.6 Å². The third kappa shape index (κ3) is 8.88. The summed E-state index contributed by atoms with van der Waals surface area (Å²) in [5.41, 5.74) is 7.79. The quantitative estimate of drug-likeness (QED) is 0.682. The molecule has 1 atom stereocenters. The fraction of sp³-hybridized carbons (Fsp3) is 0.632. The number of carbonyl (C=O) groups excluding carboxylic acids is 1. The van der Waals surface area contributed by atoms with E-state index in [4.69, 9.17) is 5.73 Å². The van der Waals surface area contributed by atoms with Gasteiger partial charge in [-0.25, -0.2) is 0 Å². The van der Waals surface area contributed by atoms with Crippen LogP contribution in [0.25, 0.3) is 0 Å². The second kappa shape index (κ2) is 12.7. The molecule has 1 heterocycles. The third-order valence-corrected chi connectivity index (χ3v) is 4.91. The minimum Gasteiger partial charge on any atom is -0.369 e. The lowest BCUT2D eigenvalue weighted by Crippen LogP contribution is -2.47. The van der Waals surface area contributed by atoms with Crippen LogP contribution in [-0.2, 0) is 4.79 Å². The van der Waals surface area contributed by atoms with E-state index in [2.05, 4.69) is 27.2 Å². The van der Waals surface area contributed by atoms with Crippen LogP contribution >= 0.6 is 37.2 Å². The molecule has 1 aliphatic carbocycles. The second-order valence-electron chi connectivity index (χ2n) is 7.35. The zero-order valence-electron chi connectivity index (χ0n) is 15.9. The number of nitrogens with two attached hydrogens (primary N) is 1. The Bertz CT molecular complexity index is 562. The van der Waals surface area contributed by atoms with Gasteiger partial charge in [0.25, 0.3) is 0 Å². The first-order chi connectivity index (χ1) is 11.6. The number of nitrogens with zero attached hydrogens (tertiary/aromatic N) is 2. The fourth-order valence-electron chi connectivity index (χ4n) is 3.22. The maximum absolute atomic E-state index is 12.0. The molecule has 2 aliphatic rings. The number of halogens is 3. The average molecular weight is 440 g/mol. The van der Waals surface area contributed by atoms with Gasteiger partial charge in [-0.1, -0.05) is 6.07 Å². The number of piperazine rings is 1. The summed E-state index contributed by atoms with van der Waals surface area (Å²) in [6.07, 6.45) is 4.03. The topological polar surface area (TPSA) is 61.6 Å². The SMILES string of the molecule is CC(N)CCC(=O)Nc1cccc(N2CCN(CC3CC3)CC2)c1.Cl.Cl.Cl. The van der Waals surface area contributed by atoms with Gasteiger partial charge in [0, 0.05) is 56.6 Å². The van der Waals surface area contributed by atoms with Gasteiger partial charge in [0.05, 0.1) is 0 Å². The summed E-state index contributed by atoms with van der Waals surface area (Å²) in [6.45, 7) is 7.62. The molecule has 1 saturated carbocycles. The van der Waals surface area contributed by atoms with Gasteiger partial charge in [-0.3, -0.25) is 9.69 Å². The summed E-state index contributed by atoms with van der Waals surface area (Å²) in [5.74, 6) is 1.00. The highest BCUT2D eigenvalue weighted by Gasteiger charge is 2.26. The Kier molecular flexibility index (Phi) is 12.3. The summed E-state index contributed by atoms with van der Waals surface area (Å²) in [7, 11) is 0. The standard InChI is InChI=1S/C19H30N4O.3ClH/c1-15(20)5-8-19(24)21-17-3-2-4-18(13-17)23-11-9-22(10-12-23)14-16-6-7-16;;;/h2-4,13,15-16H,5-12,14,20H2,1H3,(H,21,24);3*1H. The molecule has 2 fully saturated rings. The maximum atomic E-state index is 12.0. The van der Waals surface area contributed by atoms with Crippen molar-refractivity contribution in [3.63, 3.8) is 0 Å². The molecule has 5 nitrogen and oxygen atoms in total. The van der Waals surface area contributed by atoms with Crippen molar-refractivity contribution >= 4 is 54.5 Å². The van der Waals surface area contributed by atoms with E-state index in [1.54, 1.807) is 0 Å². The first kappa shape index (κ1) is 26.3. The molecule has 0 spiro atoms. The number of hydrogen-bond acceptors (Lipinski definition) is 4. The van der Waals surface area contributed by atoms with E-state index < -0.39 is 0 Å². The van der Waals surface area contributed by atoms with Crippen LogP contribution in [0.2, 0.25) is 0 Å². The number of amides is 1. The van der Waals surface area contributed by atoms with Crippen LogP contribution in [0.4, 0.5) is 11.4 Å². The normalized spacial score (nSPS) is 17.8. The summed E-state index contributed by atoms with van der Waals surface area (Å²) in [5, 5.41) is 2.99. The highest BCUT2D eigenvalue weighted by Crippen LogP contribution is 2.30. The highest BCUT2D eigenvalue weighted by molar-refractivity contribution is 5.91. The van der Waals surface area contributed by atoms with E-state index >= 15 is 0 Å². The van der Waals surface area contributed by atoms with E-state index in [1.165, 1.54) is 25.1 Å². The van der Waals surface area contributed by atoms with Crippen molar-refractivity contribution in [3.05, 3.63) is 24.3 Å². The second-order valence-corrected chi connectivity index (χ2v) is 7.35. The Morgan fingerprint density at radius 1 is 1.19 bits per heavy atom. The number of benzene rings is 1. The van der Waals surface area contributed by atoms with Crippen molar-refractivity contribution < 1.29 is 4.79 Å². The van der Waals surface area contributed by atoms with Crippen LogP contribution in [0.3, 0.4) is 0 Å². The van der Waals surface area contributed by atoms with Crippen molar-refractivity contribution in [3.8, 4) is 0 Å². The lowest BCUT2D eigenvalue weighted by Gasteiger charge is -2.36. The lowest BCUT2D eigenvalue weighted by atomic mass is 10.2. The van der Waals surface area contributed by atoms with Crippen LogP contribution in [0.15, 0.2) is 24.3 Å². The molecular weight excluding hydrogens is 407 g/mol. The van der Waals surface area contributed by atoms with Gasteiger partial charge in [0.15, 0.2) is 0 Å². The molecule has 3 rings (SSSR count). The Hall–Kier alpha value is -0.720. The first-order valence-electron chi connectivity index (χ1n) is 9.23. The summed E-state index contributed by atoms with van der Waals surface area (Å²) >= 11 is 0. The predicted molar refractivity (Wildman–Crippen MR) is 121 cm³/mol. The largest absolute Gasteiger partial charge is 0.369 e. The minimum atomic E-state index is 0. The predicted octanol–water partition coefficient (Wildman–Crippen LogP) is 3.55. The van der Waals surface area contributed by atoms with Gasteiger partial charge in [-0.05, 0) is 50.3 Å². The van der Waals surface area contributed by atoms with Gasteiger partial charge in [-0.15, -0.1) is 37.2 Å². The Morgan fingerprint density at radius 2 is 1.85 bits per heavy atom. The molecule has 1 aliphatic heterocycles. The van der Waals surface area contributed by atoms with Crippen LogP contribution < -0.4 is 16.0 Å². The Labute approximate surface area is 181 Å². The lowest BCUT2D eigenvalue weighted by molar-refractivity contribution is -0.116. The van der Waals surface area contributed by atoms with Gasteiger partial charge in [0.1, 0.15) is 0 Å². The monoisotopic (exact) mass is 438 g/mol.